The van der Waals surface area contributed by atoms with Crippen LogP contribution in [0.4, 0.5) is 0 Å². The molecule has 3 unspecified atom stereocenters. The third kappa shape index (κ3) is 9.15. The first-order valence-corrected chi connectivity index (χ1v) is 9.53. The zero-order chi connectivity index (χ0) is 17.2. The molecule has 0 N–H and O–H groups in total. The van der Waals surface area contributed by atoms with Gasteiger partial charge in [-0.3, -0.25) is 0 Å². The van der Waals surface area contributed by atoms with Crippen molar-refractivity contribution in [2.45, 2.75) is 118 Å². The van der Waals surface area contributed by atoms with Crippen LogP contribution in [0.15, 0.2) is 0 Å². The average Bonchev–Trinajstić information content (AvgIpc) is 2.46. The van der Waals surface area contributed by atoms with Crippen molar-refractivity contribution in [1.82, 2.24) is 0 Å². The molecule has 0 aromatic rings. The minimum absolute atomic E-state index is 0.0405. The molecule has 2 heteroatoms. The SMILES string of the molecule is CCCCC(CC)COC(C)(CC)CC(C)OC(C)(C)CC. The molecule has 0 aromatic heterocycles. The fourth-order valence-corrected chi connectivity index (χ4v) is 2.80. The number of unbranched alkanes of at least 4 members (excludes halogenated alkanes) is 1. The van der Waals surface area contributed by atoms with E-state index >= 15 is 0 Å². The molecule has 0 rings (SSSR count). The van der Waals surface area contributed by atoms with Crippen LogP contribution in [0.1, 0.15) is 100 Å². The van der Waals surface area contributed by atoms with Crippen molar-refractivity contribution < 1.29 is 9.47 Å². The van der Waals surface area contributed by atoms with Crippen molar-refractivity contribution >= 4 is 0 Å². The van der Waals surface area contributed by atoms with Crippen LogP contribution in [0.3, 0.4) is 0 Å². The van der Waals surface area contributed by atoms with E-state index in [1.807, 2.05) is 0 Å². The van der Waals surface area contributed by atoms with E-state index in [0.29, 0.717) is 5.92 Å². The molecule has 0 amide bonds. The molecule has 22 heavy (non-hydrogen) atoms. The van der Waals surface area contributed by atoms with Crippen molar-refractivity contribution in [3.05, 3.63) is 0 Å². The highest BCUT2D eigenvalue weighted by molar-refractivity contribution is 4.79. The maximum Gasteiger partial charge on any atom is 0.0676 e. The molecule has 0 heterocycles. The van der Waals surface area contributed by atoms with E-state index in [1.165, 1.54) is 25.7 Å². The van der Waals surface area contributed by atoms with E-state index in [9.17, 15) is 0 Å². The summed E-state index contributed by atoms with van der Waals surface area (Å²) in [5, 5.41) is 0. The highest BCUT2D eigenvalue weighted by Gasteiger charge is 2.29. The number of hydrogen-bond donors (Lipinski definition) is 0. The predicted octanol–water partition coefficient (Wildman–Crippen LogP) is 6.37. The third-order valence-corrected chi connectivity index (χ3v) is 5.05. The zero-order valence-electron chi connectivity index (χ0n) is 16.6. The largest absolute Gasteiger partial charge is 0.375 e. The molecule has 2 nitrogen and oxygen atoms in total. The monoisotopic (exact) mass is 314 g/mol. The lowest BCUT2D eigenvalue weighted by Gasteiger charge is -2.36. The van der Waals surface area contributed by atoms with Crippen molar-refractivity contribution in [1.29, 1.82) is 0 Å². The van der Waals surface area contributed by atoms with Crippen LogP contribution in [0.25, 0.3) is 0 Å². The van der Waals surface area contributed by atoms with Crippen LogP contribution in [0.5, 0.6) is 0 Å². The normalized spacial score (nSPS) is 18.0. The van der Waals surface area contributed by atoms with Crippen LogP contribution in [-0.2, 0) is 9.47 Å². The van der Waals surface area contributed by atoms with E-state index in [1.54, 1.807) is 0 Å². The molecule has 0 aliphatic rings. The van der Waals surface area contributed by atoms with Gasteiger partial charge >= 0.3 is 0 Å². The number of hydrogen-bond acceptors (Lipinski definition) is 2. The number of rotatable bonds is 13. The highest BCUT2D eigenvalue weighted by Crippen LogP contribution is 2.28. The van der Waals surface area contributed by atoms with Crippen molar-refractivity contribution in [2.24, 2.45) is 5.92 Å². The Kier molecular flexibility index (Phi) is 10.6. The Morgan fingerprint density at radius 3 is 2.05 bits per heavy atom. The summed E-state index contributed by atoms with van der Waals surface area (Å²) < 4.78 is 12.6. The fraction of sp³-hybridized carbons (Fsp3) is 1.00. The lowest BCUT2D eigenvalue weighted by atomic mass is 9.94. The molecule has 0 aliphatic heterocycles. The molecule has 3 atom stereocenters. The number of ether oxygens (including phenoxy) is 2. The summed E-state index contributed by atoms with van der Waals surface area (Å²) in [6.45, 7) is 18.6. The van der Waals surface area contributed by atoms with E-state index in [2.05, 4.69) is 55.4 Å². The van der Waals surface area contributed by atoms with E-state index in [0.717, 1.165) is 25.9 Å². The van der Waals surface area contributed by atoms with Crippen LogP contribution >= 0.6 is 0 Å². The molecule has 0 bridgehead atoms. The van der Waals surface area contributed by atoms with Gasteiger partial charge in [0.1, 0.15) is 0 Å². The Labute approximate surface area is 140 Å². The molecular weight excluding hydrogens is 272 g/mol. The highest BCUT2D eigenvalue weighted by atomic mass is 16.5. The molecule has 0 saturated heterocycles. The first kappa shape index (κ1) is 21.9. The molecule has 0 radical (unpaired) electrons. The molecule has 0 spiro atoms. The molecule has 134 valence electrons. The summed E-state index contributed by atoms with van der Waals surface area (Å²) >= 11 is 0. The Balaban J connectivity index is 4.43. The topological polar surface area (TPSA) is 18.5 Å². The standard InChI is InChI=1S/C20H42O2/c1-9-13-14-18(10-2)16-21-20(8,12-4)15-17(5)22-19(6,7)11-3/h17-18H,9-16H2,1-8H3. The van der Waals surface area contributed by atoms with Gasteiger partial charge < -0.3 is 9.47 Å². The molecule has 0 saturated carbocycles. The van der Waals surface area contributed by atoms with Gasteiger partial charge in [-0.15, -0.1) is 0 Å². The predicted molar refractivity (Wildman–Crippen MR) is 97.5 cm³/mol. The lowest BCUT2D eigenvalue weighted by Crippen LogP contribution is -2.37. The molecular formula is C20H42O2. The summed E-state index contributed by atoms with van der Waals surface area (Å²) in [6, 6.07) is 0. The zero-order valence-corrected chi connectivity index (χ0v) is 16.6. The summed E-state index contributed by atoms with van der Waals surface area (Å²) in [5.74, 6) is 0.703. The Morgan fingerprint density at radius 2 is 1.59 bits per heavy atom. The van der Waals surface area contributed by atoms with E-state index in [-0.39, 0.29) is 17.3 Å². The second-order valence-corrected chi connectivity index (χ2v) is 7.78. The van der Waals surface area contributed by atoms with Crippen LogP contribution in [-0.4, -0.2) is 23.9 Å². The van der Waals surface area contributed by atoms with Crippen LogP contribution in [0, 0.1) is 5.92 Å². The molecule has 0 aliphatic carbocycles. The smallest absolute Gasteiger partial charge is 0.0676 e. The quantitative estimate of drug-likeness (QED) is 0.393. The first-order valence-electron chi connectivity index (χ1n) is 9.53. The summed E-state index contributed by atoms with van der Waals surface area (Å²) in [6.07, 6.45) is 8.38. The van der Waals surface area contributed by atoms with Gasteiger partial charge in [0.05, 0.1) is 23.9 Å². The summed E-state index contributed by atoms with van der Waals surface area (Å²) in [4.78, 5) is 0. The average molecular weight is 315 g/mol. The first-order chi connectivity index (χ1) is 10.2. The second kappa shape index (κ2) is 10.6. The molecule has 0 aromatic carbocycles. The van der Waals surface area contributed by atoms with Crippen LogP contribution in [0.2, 0.25) is 0 Å². The Bertz CT molecular complexity index is 275. The van der Waals surface area contributed by atoms with Crippen LogP contribution < -0.4 is 0 Å². The van der Waals surface area contributed by atoms with Crippen molar-refractivity contribution in [3.8, 4) is 0 Å². The molecule has 0 fully saturated rings. The third-order valence-electron chi connectivity index (χ3n) is 5.05. The van der Waals surface area contributed by atoms with E-state index < -0.39 is 0 Å². The minimum Gasteiger partial charge on any atom is -0.375 e. The van der Waals surface area contributed by atoms with Gasteiger partial charge in [-0.1, -0.05) is 47.0 Å². The maximum atomic E-state index is 6.37. The van der Waals surface area contributed by atoms with Crippen molar-refractivity contribution in [2.75, 3.05) is 6.61 Å². The van der Waals surface area contributed by atoms with Gasteiger partial charge in [-0.05, 0) is 52.9 Å². The fourth-order valence-electron chi connectivity index (χ4n) is 2.80. The van der Waals surface area contributed by atoms with Gasteiger partial charge in [0.15, 0.2) is 0 Å². The van der Waals surface area contributed by atoms with E-state index in [4.69, 9.17) is 9.47 Å². The Morgan fingerprint density at radius 1 is 0.955 bits per heavy atom. The van der Waals surface area contributed by atoms with Gasteiger partial charge in [0.25, 0.3) is 0 Å². The minimum atomic E-state index is -0.0666. The lowest BCUT2D eigenvalue weighted by molar-refractivity contribution is -0.121. The van der Waals surface area contributed by atoms with Gasteiger partial charge in [0, 0.05) is 6.42 Å². The summed E-state index contributed by atoms with van der Waals surface area (Å²) in [7, 11) is 0. The second-order valence-electron chi connectivity index (χ2n) is 7.78. The Hall–Kier alpha value is -0.0800. The van der Waals surface area contributed by atoms with Gasteiger partial charge in [-0.25, -0.2) is 0 Å². The van der Waals surface area contributed by atoms with Gasteiger partial charge in [-0.2, -0.15) is 0 Å². The summed E-state index contributed by atoms with van der Waals surface area (Å²) in [5.41, 5.74) is -0.107. The maximum absolute atomic E-state index is 6.37. The van der Waals surface area contributed by atoms with Gasteiger partial charge in [0.2, 0.25) is 0 Å². The van der Waals surface area contributed by atoms with Crippen molar-refractivity contribution in [3.63, 3.8) is 0 Å².